The van der Waals surface area contributed by atoms with Crippen molar-refractivity contribution < 1.29 is 14.3 Å². The largest absolute Gasteiger partial charge is 0.501 e. The first-order valence-corrected chi connectivity index (χ1v) is 7.26. The maximum Gasteiger partial charge on any atom is 0.296 e. The Hall–Kier alpha value is -2.54. The van der Waals surface area contributed by atoms with Crippen LogP contribution in [0.3, 0.4) is 0 Å². The number of ketones is 1. The van der Waals surface area contributed by atoms with E-state index in [2.05, 4.69) is 9.88 Å². The zero-order valence-corrected chi connectivity index (χ0v) is 12.6. The summed E-state index contributed by atoms with van der Waals surface area (Å²) in [6, 6.07) is 6.23. The van der Waals surface area contributed by atoms with Gasteiger partial charge in [-0.15, -0.1) is 0 Å². The van der Waals surface area contributed by atoms with Gasteiger partial charge in [-0.1, -0.05) is 12.1 Å². The van der Waals surface area contributed by atoms with Gasteiger partial charge in [0.15, 0.2) is 11.5 Å². The molecule has 0 spiro atoms. The molecule has 0 saturated carbocycles. The molecule has 0 fully saturated rings. The number of benzene rings is 1. The smallest absolute Gasteiger partial charge is 0.296 e. The number of rotatable bonds is 3. The number of aromatic nitrogens is 2. The normalized spacial score (nSPS) is 14.5. The standard InChI is InChI=1S/C16H16FN3O3/c1-10(21)14-15(22)16(23)20-7-6-19(9-13(20)18-14)8-11-2-4-12(17)5-3-11/h2-5,22H,6-9H2,1H3. The van der Waals surface area contributed by atoms with Crippen molar-refractivity contribution in [2.75, 3.05) is 6.54 Å². The summed E-state index contributed by atoms with van der Waals surface area (Å²) in [6.07, 6.45) is 0. The van der Waals surface area contributed by atoms with Gasteiger partial charge in [-0.25, -0.2) is 9.37 Å². The van der Waals surface area contributed by atoms with E-state index in [1.54, 1.807) is 12.1 Å². The van der Waals surface area contributed by atoms with Crippen molar-refractivity contribution in [2.24, 2.45) is 0 Å². The summed E-state index contributed by atoms with van der Waals surface area (Å²) in [4.78, 5) is 29.8. The van der Waals surface area contributed by atoms with Crippen molar-refractivity contribution in [3.05, 3.63) is 57.5 Å². The highest BCUT2D eigenvalue weighted by Gasteiger charge is 2.23. The maximum atomic E-state index is 12.9. The lowest BCUT2D eigenvalue weighted by molar-refractivity contribution is 0.100. The third-order valence-electron chi connectivity index (χ3n) is 3.88. The summed E-state index contributed by atoms with van der Waals surface area (Å²) in [7, 11) is 0. The SMILES string of the molecule is CC(=O)c1nc2n(c(=O)c1O)CCN(Cc1ccc(F)cc1)C2. The van der Waals surface area contributed by atoms with E-state index in [1.807, 2.05) is 0 Å². The number of carbonyl (C=O) groups is 1. The molecule has 2 heterocycles. The van der Waals surface area contributed by atoms with E-state index < -0.39 is 17.1 Å². The molecule has 0 amide bonds. The van der Waals surface area contributed by atoms with Crippen molar-refractivity contribution in [1.82, 2.24) is 14.5 Å². The Morgan fingerprint density at radius 3 is 2.65 bits per heavy atom. The van der Waals surface area contributed by atoms with E-state index in [4.69, 9.17) is 0 Å². The Morgan fingerprint density at radius 2 is 2.00 bits per heavy atom. The van der Waals surface area contributed by atoms with Crippen LogP contribution in [0.25, 0.3) is 0 Å². The second kappa shape index (κ2) is 5.92. The van der Waals surface area contributed by atoms with Crippen molar-refractivity contribution >= 4 is 5.78 Å². The number of aromatic hydroxyl groups is 1. The van der Waals surface area contributed by atoms with Gasteiger partial charge in [0.2, 0.25) is 5.75 Å². The maximum absolute atomic E-state index is 12.9. The third-order valence-corrected chi connectivity index (χ3v) is 3.88. The van der Waals surface area contributed by atoms with Gasteiger partial charge in [-0.3, -0.25) is 19.1 Å². The van der Waals surface area contributed by atoms with Crippen molar-refractivity contribution in [1.29, 1.82) is 0 Å². The Balaban J connectivity index is 1.86. The molecule has 1 aliphatic heterocycles. The zero-order valence-electron chi connectivity index (χ0n) is 12.6. The lowest BCUT2D eigenvalue weighted by atomic mass is 10.2. The van der Waals surface area contributed by atoms with E-state index in [-0.39, 0.29) is 11.5 Å². The van der Waals surface area contributed by atoms with E-state index in [0.29, 0.717) is 32.0 Å². The van der Waals surface area contributed by atoms with Crippen LogP contribution < -0.4 is 5.56 Å². The van der Waals surface area contributed by atoms with Gasteiger partial charge in [0.05, 0.1) is 6.54 Å². The molecule has 0 radical (unpaired) electrons. The van der Waals surface area contributed by atoms with E-state index in [0.717, 1.165) is 5.56 Å². The van der Waals surface area contributed by atoms with Gasteiger partial charge in [0.25, 0.3) is 5.56 Å². The minimum atomic E-state index is -0.590. The monoisotopic (exact) mass is 317 g/mol. The summed E-state index contributed by atoms with van der Waals surface area (Å²) in [5.41, 5.74) is 0.180. The summed E-state index contributed by atoms with van der Waals surface area (Å²) in [5, 5.41) is 9.79. The van der Waals surface area contributed by atoms with Crippen LogP contribution in [0.15, 0.2) is 29.1 Å². The highest BCUT2D eigenvalue weighted by atomic mass is 19.1. The Bertz CT molecular complexity index is 815. The predicted molar refractivity (Wildman–Crippen MR) is 80.7 cm³/mol. The van der Waals surface area contributed by atoms with Crippen LogP contribution in [-0.2, 0) is 19.6 Å². The molecular formula is C16H16FN3O3. The minimum Gasteiger partial charge on any atom is -0.501 e. The molecule has 0 bridgehead atoms. The lowest BCUT2D eigenvalue weighted by Crippen LogP contribution is -2.40. The first kappa shape index (κ1) is 15.4. The molecule has 1 aromatic heterocycles. The van der Waals surface area contributed by atoms with Gasteiger partial charge in [0, 0.05) is 26.6 Å². The fourth-order valence-corrected chi connectivity index (χ4v) is 2.69. The number of hydrogen-bond acceptors (Lipinski definition) is 5. The van der Waals surface area contributed by atoms with Crippen LogP contribution in [-0.4, -0.2) is 31.9 Å². The van der Waals surface area contributed by atoms with Gasteiger partial charge in [0.1, 0.15) is 11.6 Å². The van der Waals surface area contributed by atoms with Crippen LogP contribution >= 0.6 is 0 Å². The highest BCUT2D eigenvalue weighted by molar-refractivity contribution is 5.94. The first-order valence-electron chi connectivity index (χ1n) is 7.26. The van der Waals surface area contributed by atoms with Crippen LogP contribution in [0.1, 0.15) is 28.8 Å². The average molecular weight is 317 g/mol. The van der Waals surface area contributed by atoms with Gasteiger partial charge < -0.3 is 5.11 Å². The molecule has 3 rings (SSSR count). The molecule has 23 heavy (non-hydrogen) atoms. The van der Waals surface area contributed by atoms with Crippen molar-refractivity contribution in [3.8, 4) is 5.75 Å². The number of Topliss-reactive ketones (excluding diaryl/α,β-unsaturated/α-hetero) is 1. The minimum absolute atomic E-state index is 0.190. The number of halogens is 1. The number of carbonyl (C=O) groups excluding carboxylic acids is 1. The topological polar surface area (TPSA) is 75.4 Å². The number of hydrogen-bond donors (Lipinski definition) is 1. The third kappa shape index (κ3) is 3.00. The molecule has 6 nitrogen and oxygen atoms in total. The van der Waals surface area contributed by atoms with Crippen LogP contribution in [0.5, 0.6) is 5.75 Å². The van der Waals surface area contributed by atoms with E-state index >= 15 is 0 Å². The molecule has 0 atom stereocenters. The van der Waals surface area contributed by atoms with Crippen LogP contribution in [0, 0.1) is 5.82 Å². The number of fused-ring (bicyclic) bond motifs is 1. The first-order chi connectivity index (χ1) is 11.0. The molecule has 120 valence electrons. The molecule has 0 unspecified atom stereocenters. The quantitative estimate of drug-likeness (QED) is 0.864. The van der Waals surface area contributed by atoms with Crippen LogP contribution in [0.4, 0.5) is 4.39 Å². The summed E-state index contributed by atoms with van der Waals surface area (Å²) in [6.45, 7) is 3.22. The zero-order chi connectivity index (χ0) is 16.6. The van der Waals surface area contributed by atoms with Crippen LogP contribution in [0.2, 0.25) is 0 Å². The molecule has 7 heteroatoms. The second-order valence-electron chi connectivity index (χ2n) is 5.58. The number of nitrogens with zero attached hydrogens (tertiary/aromatic N) is 3. The van der Waals surface area contributed by atoms with Gasteiger partial charge in [-0.2, -0.15) is 0 Å². The van der Waals surface area contributed by atoms with E-state index in [9.17, 15) is 19.1 Å². The van der Waals surface area contributed by atoms with Gasteiger partial charge >= 0.3 is 0 Å². The lowest BCUT2D eigenvalue weighted by Gasteiger charge is -2.29. The summed E-state index contributed by atoms with van der Waals surface area (Å²) >= 11 is 0. The molecule has 1 aliphatic rings. The summed E-state index contributed by atoms with van der Waals surface area (Å²) < 4.78 is 14.3. The molecule has 1 N–H and O–H groups in total. The molecule has 0 aliphatic carbocycles. The Morgan fingerprint density at radius 1 is 1.30 bits per heavy atom. The molecule has 1 aromatic carbocycles. The predicted octanol–water partition coefficient (Wildman–Crippen LogP) is 1.31. The average Bonchev–Trinajstić information content (AvgIpc) is 2.52. The summed E-state index contributed by atoms with van der Waals surface area (Å²) in [5.74, 6) is -0.870. The fourth-order valence-electron chi connectivity index (χ4n) is 2.69. The fraction of sp³-hybridized carbons (Fsp3) is 0.312. The van der Waals surface area contributed by atoms with Gasteiger partial charge in [-0.05, 0) is 17.7 Å². The van der Waals surface area contributed by atoms with Crippen molar-refractivity contribution in [3.63, 3.8) is 0 Å². The van der Waals surface area contributed by atoms with Crippen molar-refractivity contribution in [2.45, 2.75) is 26.6 Å². The van der Waals surface area contributed by atoms with E-state index in [1.165, 1.54) is 23.6 Å². The highest BCUT2D eigenvalue weighted by Crippen LogP contribution is 2.17. The second-order valence-corrected chi connectivity index (χ2v) is 5.58. The Kier molecular flexibility index (Phi) is 3.96. The molecular weight excluding hydrogens is 301 g/mol. The molecule has 2 aromatic rings. The molecule has 0 saturated heterocycles. The Labute approximate surface area is 131 Å².